The van der Waals surface area contributed by atoms with Gasteiger partial charge in [-0.05, 0) is 74.4 Å². The normalized spacial score (nSPS) is 16.8. The Morgan fingerprint density at radius 1 is 0.972 bits per heavy atom. The number of aliphatic hydroxyl groups is 1. The van der Waals surface area contributed by atoms with Gasteiger partial charge in [0, 0.05) is 11.3 Å². The van der Waals surface area contributed by atoms with Crippen LogP contribution in [0.5, 0.6) is 5.75 Å². The molecule has 0 aliphatic carbocycles. The molecule has 1 unspecified atom stereocenters. The molecular weight excluding hydrogens is 458 g/mol. The lowest BCUT2D eigenvalue weighted by Gasteiger charge is -2.26. The highest BCUT2D eigenvalue weighted by molar-refractivity contribution is 6.51. The molecule has 1 saturated heterocycles. The molecule has 0 bridgehead atoms. The van der Waals surface area contributed by atoms with Crippen molar-refractivity contribution in [2.75, 3.05) is 18.6 Å². The van der Waals surface area contributed by atoms with E-state index in [2.05, 4.69) is 0 Å². The standard InChI is InChI=1S/C29H27NO6/c1-5-36-29(34)20-8-12-21(13-9-20)30-25(19-10-14-22(35-4)15-11-19)24(27(32)28(30)33)26(31)23-16-17(2)6-7-18(23)3/h6-16,25,31H,5H2,1-4H3/b26-24+. The molecular formula is C29H27NO6. The maximum Gasteiger partial charge on any atom is 0.338 e. The highest BCUT2D eigenvalue weighted by atomic mass is 16.5. The van der Waals surface area contributed by atoms with E-state index in [1.807, 2.05) is 26.0 Å². The van der Waals surface area contributed by atoms with Crippen molar-refractivity contribution in [2.45, 2.75) is 26.8 Å². The molecule has 1 atom stereocenters. The number of nitrogens with zero attached hydrogens (tertiary/aromatic N) is 1. The number of benzene rings is 3. The number of aryl methyl sites for hydroxylation is 2. The van der Waals surface area contributed by atoms with Crippen LogP contribution in [0.3, 0.4) is 0 Å². The predicted molar refractivity (Wildman–Crippen MR) is 136 cm³/mol. The summed E-state index contributed by atoms with van der Waals surface area (Å²) in [6.07, 6.45) is 0. The lowest BCUT2D eigenvalue weighted by molar-refractivity contribution is -0.132. The lowest BCUT2D eigenvalue weighted by atomic mass is 9.93. The number of amides is 1. The van der Waals surface area contributed by atoms with Crippen LogP contribution in [0.2, 0.25) is 0 Å². The van der Waals surface area contributed by atoms with Crippen molar-refractivity contribution in [3.05, 3.63) is 100 Å². The number of carbonyl (C=O) groups is 3. The van der Waals surface area contributed by atoms with E-state index in [9.17, 15) is 19.5 Å². The molecule has 184 valence electrons. The Labute approximate surface area is 209 Å². The summed E-state index contributed by atoms with van der Waals surface area (Å²) in [4.78, 5) is 40.1. The van der Waals surface area contributed by atoms with Crippen LogP contribution in [-0.4, -0.2) is 36.5 Å². The second-order valence-corrected chi connectivity index (χ2v) is 8.53. The molecule has 3 aromatic carbocycles. The zero-order valence-electron chi connectivity index (χ0n) is 20.6. The second-order valence-electron chi connectivity index (χ2n) is 8.53. The van der Waals surface area contributed by atoms with Crippen LogP contribution in [-0.2, 0) is 14.3 Å². The molecule has 1 amide bonds. The maximum atomic E-state index is 13.4. The van der Waals surface area contributed by atoms with E-state index in [-0.39, 0.29) is 17.9 Å². The fourth-order valence-corrected chi connectivity index (χ4v) is 4.31. The minimum atomic E-state index is -0.885. The SMILES string of the molecule is CCOC(=O)c1ccc(N2C(=O)C(=O)/C(=C(/O)c3cc(C)ccc3C)C2c2ccc(OC)cc2)cc1. The summed E-state index contributed by atoms with van der Waals surface area (Å²) in [5.41, 5.74) is 3.52. The Bertz CT molecular complexity index is 1360. The molecule has 1 aliphatic heterocycles. The van der Waals surface area contributed by atoms with Gasteiger partial charge in [0.25, 0.3) is 11.7 Å². The summed E-state index contributed by atoms with van der Waals surface area (Å²) in [6.45, 7) is 5.68. The number of anilines is 1. The number of ether oxygens (including phenoxy) is 2. The first-order valence-corrected chi connectivity index (χ1v) is 11.6. The monoisotopic (exact) mass is 485 g/mol. The first kappa shape index (κ1) is 24.7. The third-order valence-corrected chi connectivity index (χ3v) is 6.18. The largest absolute Gasteiger partial charge is 0.507 e. The molecule has 7 nitrogen and oxygen atoms in total. The third-order valence-electron chi connectivity index (χ3n) is 6.18. The first-order valence-electron chi connectivity index (χ1n) is 11.6. The van der Waals surface area contributed by atoms with Crippen LogP contribution in [0.1, 0.15) is 45.6 Å². The van der Waals surface area contributed by atoms with Gasteiger partial charge >= 0.3 is 5.97 Å². The van der Waals surface area contributed by atoms with Gasteiger partial charge in [0.1, 0.15) is 11.5 Å². The van der Waals surface area contributed by atoms with E-state index in [1.165, 1.54) is 4.90 Å². The van der Waals surface area contributed by atoms with Gasteiger partial charge in [0.2, 0.25) is 0 Å². The van der Waals surface area contributed by atoms with E-state index in [4.69, 9.17) is 9.47 Å². The van der Waals surface area contributed by atoms with Crippen molar-refractivity contribution < 1.29 is 29.0 Å². The van der Waals surface area contributed by atoms with Crippen LogP contribution >= 0.6 is 0 Å². The number of Topliss-reactive ketones (excluding diaryl/α,β-unsaturated/α-hetero) is 1. The van der Waals surface area contributed by atoms with Crippen molar-refractivity contribution in [3.63, 3.8) is 0 Å². The summed E-state index contributed by atoms with van der Waals surface area (Å²) in [5, 5.41) is 11.4. The van der Waals surface area contributed by atoms with Crippen LogP contribution in [0, 0.1) is 13.8 Å². The molecule has 0 aromatic heterocycles. The summed E-state index contributed by atoms with van der Waals surface area (Å²) in [5.74, 6) is -1.66. The van der Waals surface area contributed by atoms with Crippen LogP contribution < -0.4 is 9.64 Å². The average molecular weight is 486 g/mol. The minimum absolute atomic E-state index is 0.00617. The van der Waals surface area contributed by atoms with Crippen molar-refractivity contribution in [2.24, 2.45) is 0 Å². The topological polar surface area (TPSA) is 93.1 Å². The number of aliphatic hydroxyl groups excluding tert-OH is 1. The second kappa shape index (κ2) is 10.1. The fraction of sp³-hybridized carbons (Fsp3) is 0.207. The molecule has 36 heavy (non-hydrogen) atoms. The Morgan fingerprint density at radius 2 is 1.64 bits per heavy atom. The van der Waals surface area contributed by atoms with Crippen molar-refractivity contribution >= 4 is 29.1 Å². The van der Waals surface area contributed by atoms with Gasteiger partial charge in [-0.15, -0.1) is 0 Å². The van der Waals surface area contributed by atoms with Crippen LogP contribution in [0.15, 0.2) is 72.3 Å². The number of carbonyl (C=O) groups excluding carboxylic acids is 3. The molecule has 1 fully saturated rings. The Morgan fingerprint density at radius 3 is 2.25 bits per heavy atom. The molecule has 0 radical (unpaired) electrons. The van der Waals surface area contributed by atoms with E-state index in [0.29, 0.717) is 28.1 Å². The quantitative estimate of drug-likeness (QED) is 0.226. The van der Waals surface area contributed by atoms with Gasteiger partial charge in [0.05, 0.1) is 30.9 Å². The molecule has 7 heteroatoms. The Kier molecular flexibility index (Phi) is 6.92. The van der Waals surface area contributed by atoms with E-state index in [0.717, 1.165) is 11.1 Å². The summed E-state index contributed by atoms with van der Waals surface area (Å²) >= 11 is 0. The third kappa shape index (κ3) is 4.47. The maximum absolute atomic E-state index is 13.4. The molecule has 4 rings (SSSR count). The van der Waals surface area contributed by atoms with Crippen molar-refractivity contribution in [1.82, 2.24) is 0 Å². The number of hydrogen-bond donors (Lipinski definition) is 1. The number of hydrogen-bond acceptors (Lipinski definition) is 6. The van der Waals surface area contributed by atoms with E-state index < -0.39 is 23.7 Å². The van der Waals surface area contributed by atoms with Gasteiger partial charge in [0.15, 0.2) is 0 Å². The summed E-state index contributed by atoms with van der Waals surface area (Å²) in [7, 11) is 1.55. The van der Waals surface area contributed by atoms with Gasteiger partial charge < -0.3 is 14.6 Å². The van der Waals surface area contributed by atoms with Crippen LogP contribution in [0.25, 0.3) is 5.76 Å². The smallest absolute Gasteiger partial charge is 0.338 e. The first-order chi connectivity index (χ1) is 17.3. The summed E-state index contributed by atoms with van der Waals surface area (Å²) < 4.78 is 10.3. The molecule has 0 spiro atoms. The number of ketones is 1. The zero-order valence-corrected chi connectivity index (χ0v) is 20.6. The minimum Gasteiger partial charge on any atom is -0.507 e. The average Bonchev–Trinajstić information content (AvgIpc) is 3.15. The van der Waals surface area contributed by atoms with E-state index >= 15 is 0 Å². The molecule has 1 aliphatic rings. The molecule has 0 saturated carbocycles. The van der Waals surface area contributed by atoms with Crippen molar-refractivity contribution in [3.8, 4) is 5.75 Å². The highest BCUT2D eigenvalue weighted by Gasteiger charge is 2.47. The highest BCUT2D eigenvalue weighted by Crippen LogP contribution is 2.43. The van der Waals surface area contributed by atoms with E-state index in [1.54, 1.807) is 68.6 Å². The Hall–Kier alpha value is -4.39. The molecule has 3 aromatic rings. The number of methoxy groups -OCH3 is 1. The Balaban J connectivity index is 1.89. The zero-order chi connectivity index (χ0) is 26.0. The fourth-order valence-electron chi connectivity index (χ4n) is 4.31. The van der Waals surface area contributed by atoms with Gasteiger partial charge in [-0.2, -0.15) is 0 Å². The van der Waals surface area contributed by atoms with Crippen molar-refractivity contribution in [1.29, 1.82) is 0 Å². The van der Waals surface area contributed by atoms with Gasteiger partial charge in [-0.25, -0.2) is 4.79 Å². The summed E-state index contributed by atoms with van der Waals surface area (Å²) in [6, 6.07) is 17.9. The number of esters is 1. The predicted octanol–water partition coefficient (Wildman–Crippen LogP) is 5.12. The van der Waals surface area contributed by atoms with Gasteiger partial charge in [-0.3, -0.25) is 14.5 Å². The number of rotatable bonds is 6. The molecule has 1 heterocycles. The lowest BCUT2D eigenvalue weighted by Crippen LogP contribution is -2.29. The van der Waals surface area contributed by atoms with Gasteiger partial charge in [-0.1, -0.05) is 29.8 Å². The molecule has 1 N–H and O–H groups in total. The van der Waals surface area contributed by atoms with Crippen LogP contribution in [0.4, 0.5) is 5.69 Å².